The van der Waals surface area contributed by atoms with Crippen molar-refractivity contribution in [2.24, 2.45) is 0 Å². The van der Waals surface area contributed by atoms with Crippen LogP contribution in [0.1, 0.15) is 34.9 Å². The maximum absolute atomic E-state index is 4.46. The van der Waals surface area contributed by atoms with Crippen molar-refractivity contribution in [2.75, 3.05) is 0 Å². The second kappa shape index (κ2) is 6.48. The molecule has 100 valence electrons. The first kappa shape index (κ1) is 13.8. The van der Waals surface area contributed by atoms with E-state index in [2.05, 4.69) is 55.3 Å². The van der Waals surface area contributed by atoms with E-state index in [0.29, 0.717) is 0 Å². The van der Waals surface area contributed by atoms with Crippen molar-refractivity contribution in [3.63, 3.8) is 0 Å². The normalized spacial score (nSPS) is 10.7. The van der Waals surface area contributed by atoms with E-state index < -0.39 is 0 Å². The van der Waals surface area contributed by atoms with Gasteiger partial charge in [0.2, 0.25) is 0 Å². The molecule has 2 aromatic rings. The van der Waals surface area contributed by atoms with Crippen molar-refractivity contribution < 1.29 is 0 Å². The molecule has 0 saturated carbocycles. The molecule has 19 heavy (non-hydrogen) atoms. The van der Waals surface area contributed by atoms with E-state index in [-0.39, 0.29) is 0 Å². The van der Waals surface area contributed by atoms with Gasteiger partial charge in [0.1, 0.15) is 0 Å². The molecule has 0 saturated heterocycles. The number of pyridine rings is 1. The molecule has 2 nitrogen and oxygen atoms in total. The molecule has 2 heteroatoms. The largest absolute Gasteiger partial charge is 0.307 e. The number of nitrogens with one attached hydrogen (secondary N) is 1. The van der Waals surface area contributed by atoms with Crippen LogP contribution in [0.25, 0.3) is 0 Å². The zero-order valence-electron chi connectivity index (χ0n) is 12.0. The Hall–Kier alpha value is -1.67. The third kappa shape index (κ3) is 3.42. The number of rotatable bonds is 5. The SMILES string of the molecule is CCc1cccnc1CNCc1cccc(C)c1C. The lowest BCUT2D eigenvalue weighted by atomic mass is 10.0. The summed E-state index contributed by atoms with van der Waals surface area (Å²) in [4.78, 5) is 4.46. The molecule has 0 aliphatic rings. The summed E-state index contributed by atoms with van der Waals surface area (Å²) >= 11 is 0. The molecule has 0 bridgehead atoms. The summed E-state index contributed by atoms with van der Waals surface area (Å²) in [7, 11) is 0. The van der Waals surface area contributed by atoms with Crippen molar-refractivity contribution in [1.29, 1.82) is 0 Å². The van der Waals surface area contributed by atoms with E-state index in [1.165, 1.54) is 22.3 Å². The van der Waals surface area contributed by atoms with Crippen LogP contribution in [-0.4, -0.2) is 4.98 Å². The number of nitrogens with zero attached hydrogens (tertiary/aromatic N) is 1. The second-order valence-electron chi connectivity index (χ2n) is 4.93. The maximum atomic E-state index is 4.46. The summed E-state index contributed by atoms with van der Waals surface area (Å²) in [6.45, 7) is 8.24. The predicted molar refractivity (Wildman–Crippen MR) is 80.1 cm³/mol. The fourth-order valence-electron chi connectivity index (χ4n) is 2.27. The van der Waals surface area contributed by atoms with Crippen LogP contribution in [0.15, 0.2) is 36.5 Å². The molecule has 1 aromatic carbocycles. The molecule has 0 aliphatic heterocycles. The summed E-state index contributed by atoms with van der Waals surface area (Å²) in [5.74, 6) is 0. The Balaban J connectivity index is 1.98. The molecule has 0 unspecified atom stereocenters. The van der Waals surface area contributed by atoms with Gasteiger partial charge in [0.05, 0.1) is 5.69 Å². The quantitative estimate of drug-likeness (QED) is 0.882. The summed E-state index contributed by atoms with van der Waals surface area (Å²) < 4.78 is 0. The minimum Gasteiger partial charge on any atom is -0.307 e. The fraction of sp³-hybridized carbons (Fsp3) is 0.353. The van der Waals surface area contributed by atoms with Crippen LogP contribution in [0.2, 0.25) is 0 Å². The molecule has 0 atom stereocenters. The van der Waals surface area contributed by atoms with E-state index >= 15 is 0 Å². The Kier molecular flexibility index (Phi) is 4.69. The lowest BCUT2D eigenvalue weighted by Crippen LogP contribution is -2.16. The van der Waals surface area contributed by atoms with Crippen LogP contribution in [0.3, 0.4) is 0 Å². The lowest BCUT2D eigenvalue weighted by Gasteiger charge is -2.11. The zero-order valence-corrected chi connectivity index (χ0v) is 12.0. The van der Waals surface area contributed by atoms with Crippen LogP contribution in [-0.2, 0) is 19.5 Å². The average Bonchev–Trinajstić information content (AvgIpc) is 2.44. The number of aryl methyl sites for hydroxylation is 2. The van der Waals surface area contributed by atoms with Gasteiger partial charge in [-0.25, -0.2) is 0 Å². The summed E-state index contributed by atoms with van der Waals surface area (Å²) in [5.41, 5.74) is 6.60. The number of hydrogen-bond donors (Lipinski definition) is 1. The van der Waals surface area contributed by atoms with Gasteiger partial charge in [0, 0.05) is 19.3 Å². The van der Waals surface area contributed by atoms with Crippen molar-refractivity contribution >= 4 is 0 Å². The van der Waals surface area contributed by atoms with Crippen LogP contribution in [0, 0.1) is 13.8 Å². The van der Waals surface area contributed by atoms with Gasteiger partial charge < -0.3 is 5.32 Å². The molecule has 0 aliphatic carbocycles. The molecule has 0 fully saturated rings. The predicted octanol–water partition coefficient (Wildman–Crippen LogP) is 3.55. The molecule has 0 spiro atoms. The van der Waals surface area contributed by atoms with E-state index in [1.54, 1.807) is 0 Å². The average molecular weight is 254 g/mol. The van der Waals surface area contributed by atoms with Crippen molar-refractivity contribution in [3.8, 4) is 0 Å². The molecular weight excluding hydrogens is 232 g/mol. The van der Waals surface area contributed by atoms with Crippen LogP contribution in [0.4, 0.5) is 0 Å². The topological polar surface area (TPSA) is 24.9 Å². The Morgan fingerprint density at radius 2 is 1.79 bits per heavy atom. The first-order valence-electron chi connectivity index (χ1n) is 6.91. The van der Waals surface area contributed by atoms with Gasteiger partial charge in [-0.3, -0.25) is 4.98 Å². The number of aromatic nitrogens is 1. The molecule has 0 amide bonds. The van der Waals surface area contributed by atoms with Crippen molar-refractivity contribution in [3.05, 3.63) is 64.5 Å². The maximum Gasteiger partial charge on any atom is 0.0573 e. The van der Waals surface area contributed by atoms with Gasteiger partial charge in [0.25, 0.3) is 0 Å². The van der Waals surface area contributed by atoms with E-state index in [1.807, 2.05) is 12.3 Å². The lowest BCUT2D eigenvalue weighted by molar-refractivity contribution is 0.670. The van der Waals surface area contributed by atoms with Crippen molar-refractivity contribution in [1.82, 2.24) is 10.3 Å². The third-order valence-corrected chi connectivity index (χ3v) is 3.69. The fourth-order valence-corrected chi connectivity index (χ4v) is 2.27. The van der Waals surface area contributed by atoms with Gasteiger partial charge >= 0.3 is 0 Å². The minimum atomic E-state index is 0.831. The summed E-state index contributed by atoms with van der Waals surface area (Å²) in [5, 5.41) is 3.50. The Bertz CT molecular complexity index is 547. The molecule has 1 aromatic heterocycles. The number of hydrogen-bond acceptors (Lipinski definition) is 2. The smallest absolute Gasteiger partial charge is 0.0573 e. The zero-order chi connectivity index (χ0) is 13.7. The first-order chi connectivity index (χ1) is 9.22. The highest BCUT2D eigenvalue weighted by Gasteiger charge is 2.03. The number of benzene rings is 1. The Labute approximate surface area is 115 Å². The highest BCUT2D eigenvalue weighted by Crippen LogP contribution is 2.13. The Morgan fingerprint density at radius 1 is 1.00 bits per heavy atom. The molecule has 1 heterocycles. The second-order valence-corrected chi connectivity index (χ2v) is 4.93. The van der Waals surface area contributed by atoms with E-state index in [9.17, 15) is 0 Å². The van der Waals surface area contributed by atoms with Crippen LogP contribution < -0.4 is 5.32 Å². The van der Waals surface area contributed by atoms with E-state index in [4.69, 9.17) is 0 Å². The molecule has 0 radical (unpaired) electrons. The first-order valence-corrected chi connectivity index (χ1v) is 6.91. The standard InChI is InChI=1S/C17H22N2/c1-4-15-9-6-10-19-17(15)12-18-11-16-8-5-7-13(2)14(16)3/h5-10,18H,4,11-12H2,1-3H3. The van der Waals surface area contributed by atoms with Gasteiger partial charge in [0.15, 0.2) is 0 Å². The van der Waals surface area contributed by atoms with Gasteiger partial charge in [-0.2, -0.15) is 0 Å². The molecule has 2 rings (SSSR count). The third-order valence-electron chi connectivity index (χ3n) is 3.69. The highest BCUT2D eigenvalue weighted by molar-refractivity contribution is 5.33. The van der Waals surface area contributed by atoms with Gasteiger partial charge in [-0.15, -0.1) is 0 Å². The Morgan fingerprint density at radius 3 is 2.58 bits per heavy atom. The van der Waals surface area contributed by atoms with Crippen molar-refractivity contribution in [2.45, 2.75) is 40.3 Å². The van der Waals surface area contributed by atoms with Gasteiger partial charge in [-0.1, -0.05) is 31.2 Å². The summed E-state index contributed by atoms with van der Waals surface area (Å²) in [6, 6.07) is 10.6. The highest BCUT2D eigenvalue weighted by atomic mass is 14.9. The van der Waals surface area contributed by atoms with E-state index in [0.717, 1.165) is 25.2 Å². The van der Waals surface area contributed by atoms with Gasteiger partial charge in [-0.05, 0) is 48.6 Å². The monoisotopic (exact) mass is 254 g/mol. The van der Waals surface area contributed by atoms with Crippen LogP contribution >= 0.6 is 0 Å². The van der Waals surface area contributed by atoms with Crippen LogP contribution in [0.5, 0.6) is 0 Å². The summed E-state index contributed by atoms with van der Waals surface area (Å²) in [6.07, 6.45) is 2.91. The molecular formula is C17H22N2. The minimum absolute atomic E-state index is 0.831. The molecule has 1 N–H and O–H groups in total.